The highest BCUT2D eigenvalue weighted by Gasteiger charge is 2.14. The van der Waals surface area contributed by atoms with Gasteiger partial charge in [0.25, 0.3) is 11.5 Å². The number of pyridine rings is 1. The third-order valence-corrected chi connectivity index (χ3v) is 3.80. The molecule has 4 heterocycles. The van der Waals surface area contributed by atoms with Crippen LogP contribution in [0.1, 0.15) is 16.2 Å². The molecule has 0 radical (unpaired) electrons. The van der Waals surface area contributed by atoms with Gasteiger partial charge in [0.15, 0.2) is 5.65 Å². The van der Waals surface area contributed by atoms with Crippen LogP contribution in [0.4, 0.5) is 0 Å². The molecule has 0 aliphatic rings. The first-order valence-corrected chi connectivity index (χ1v) is 7.20. The molecule has 4 rings (SSSR count). The van der Waals surface area contributed by atoms with E-state index in [9.17, 15) is 9.59 Å². The van der Waals surface area contributed by atoms with Crippen molar-refractivity contribution in [3.05, 3.63) is 58.7 Å². The monoisotopic (exact) mass is 323 g/mol. The van der Waals surface area contributed by atoms with Gasteiger partial charge >= 0.3 is 0 Å². The van der Waals surface area contributed by atoms with E-state index in [1.807, 2.05) is 19.1 Å². The van der Waals surface area contributed by atoms with Crippen molar-refractivity contribution in [1.29, 1.82) is 0 Å². The highest BCUT2D eigenvalue weighted by Crippen LogP contribution is 2.09. The molecule has 0 fully saturated rings. The highest BCUT2D eigenvalue weighted by molar-refractivity contribution is 5.98. The molecule has 0 bridgehead atoms. The summed E-state index contributed by atoms with van der Waals surface area (Å²) in [6.07, 6.45) is 4.30. The second-order valence-electron chi connectivity index (χ2n) is 5.39. The molecule has 0 saturated carbocycles. The number of fused-ring (bicyclic) bond motifs is 2. The summed E-state index contributed by atoms with van der Waals surface area (Å²) in [5.41, 5.74) is 4.37. The Labute approximate surface area is 135 Å². The number of hydrogen-bond acceptors (Lipinski definition) is 5. The maximum absolute atomic E-state index is 12.4. The molecule has 120 valence electrons. The van der Waals surface area contributed by atoms with E-state index in [0.29, 0.717) is 16.7 Å². The minimum Gasteiger partial charge on any atom is -0.304 e. The van der Waals surface area contributed by atoms with Crippen LogP contribution >= 0.6 is 0 Å². The summed E-state index contributed by atoms with van der Waals surface area (Å²) in [7, 11) is 1.69. The molecule has 1 amide bonds. The lowest BCUT2D eigenvalue weighted by molar-refractivity contribution is 0.100. The fourth-order valence-corrected chi connectivity index (χ4v) is 2.53. The largest absolute Gasteiger partial charge is 0.304 e. The lowest BCUT2D eigenvalue weighted by atomic mass is 10.4. The van der Waals surface area contributed by atoms with E-state index >= 15 is 0 Å². The first-order valence-electron chi connectivity index (χ1n) is 7.20. The molecule has 1 N–H and O–H groups in total. The summed E-state index contributed by atoms with van der Waals surface area (Å²) in [5.74, 6) is -0.495. The Morgan fingerprint density at radius 1 is 1.29 bits per heavy atom. The van der Waals surface area contributed by atoms with Gasteiger partial charge in [-0.1, -0.05) is 6.07 Å². The van der Waals surface area contributed by atoms with Gasteiger partial charge in [-0.15, -0.1) is 0 Å². The molecule has 4 aromatic rings. The summed E-state index contributed by atoms with van der Waals surface area (Å²) in [6.45, 7) is 1.92. The predicted molar refractivity (Wildman–Crippen MR) is 86.4 cm³/mol. The average molecular weight is 323 g/mol. The summed E-state index contributed by atoms with van der Waals surface area (Å²) >= 11 is 0. The van der Waals surface area contributed by atoms with E-state index in [0.717, 1.165) is 10.4 Å². The minimum absolute atomic E-state index is 0.211. The van der Waals surface area contributed by atoms with Gasteiger partial charge in [-0.2, -0.15) is 5.10 Å². The van der Waals surface area contributed by atoms with Crippen LogP contribution in [0.3, 0.4) is 0 Å². The Kier molecular flexibility index (Phi) is 2.95. The molecule has 0 saturated heterocycles. The van der Waals surface area contributed by atoms with Crippen molar-refractivity contribution in [1.82, 2.24) is 28.8 Å². The molecule has 9 nitrogen and oxygen atoms in total. The Morgan fingerprint density at radius 2 is 2.12 bits per heavy atom. The standard InChI is InChI=1S/C15H13N7O2/c1-9-4-3-5-12-18-11(7-21(9)12)14(23)19-22-8-16-13-10(15(22)24)6-17-20(13)2/h3-8H,1-2H3,(H,19,23). The first kappa shape index (κ1) is 14.1. The molecule has 24 heavy (non-hydrogen) atoms. The Hall–Kier alpha value is -3.49. The third kappa shape index (κ3) is 2.06. The first-order chi connectivity index (χ1) is 11.5. The van der Waals surface area contributed by atoms with Crippen molar-refractivity contribution in [2.45, 2.75) is 6.92 Å². The molecule has 0 unspecified atom stereocenters. The number of carbonyl (C=O) groups is 1. The van der Waals surface area contributed by atoms with Crippen LogP contribution in [-0.4, -0.2) is 34.7 Å². The second-order valence-corrected chi connectivity index (χ2v) is 5.39. The van der Waals surface area contributed by atoms with Crippen LogP contribution in [0.15, 0.2) is 41.7 Å². The van der Waals surface area contributed by atoms with E-state index in [4.69, 9.17) is 0 Å². The van der Waals surface area contributed by atoms with Crippen LogP contribution in [0.2, 0.25) is 0 Å². The number of nitrogens with one attached hydrogen (secondary N) is 1. The summed E-state index contributed by atoms with van der Waals surface area (Å²) in [6, 6.07) is 5.59. The molecule has 9 heteroatoms. The van der Waals surface area contributed by atoms with E-state index in [-0.39, 0.29) is 5.69 Å². The Bertz CT molecular complexity index is 1150. The second kappa shape index (κ2) is 5.01. The fraction of sp³-hybridized carbons (Fsp3) is 0.133. The lowest BCUT2D eigenvalue weighted by Crippen LogP contribution is -2.33. The number of aromatic nitrogens is 6. The molecular formula is C15H13N7O2. The number of nitrogens with zero attached hydrogens (tertiary/aromatic N) is 6. The number of amides is 1. The van der Waals surface area contributed by atoms with Crippen LogP contribution in [0, 0.1) is 6.92 Å². The number of aryl methyl sites for hydroxylation is 2. The number of hydrogen-bond donors (Lipinski definition) is 1. The fourth-order valence-electron chi connectivity index (χ4n) is 2.53. The van der Waals surface area contributed by atoms with Crippen LogP contribution < -0.4 is 11.0 Å². The van der Waals surface area contributed by atoms with Crippen LogP contribution in [0.5, 0.6) is 0 Å². The van der Waals surface area contributed by atoms with Gasteiger partial charge in [0.1, 0.15) is 23.1 Å². The smallest absolute Gasteiger partial charge is 0.290 e. The lowest BCUT2D eigenvalue weighted by Gasteiger charge is -2.05. The summed E-state index contributed by atoms with van der Waals surface area (Å²) in [4.78, 5) is 33.2. The Morgan fingerprint density at radius 3 is 2.92 bits per heavy atom. The predicted octanol–water partition coefficient (Wildman–Crippen LogP) is 0.470. The van der Waals surface area contributed by atoms with Gasteiger partial charge in [0.05, 0.1) is 6.20 Å². The van der Waals surface area contributed by atoms with E-state index < -0.39 is 11.5 Å². The minimum atomic E-state index is -0.495. The van der Waals surface area contributed by atoms with Crippen molar-refractivity contribution >= 4 is 22.6 Å². The van der Waals surface area contributed by atoms with E-state index in [1.54, 1.807) is 23.7 Å². The maximum Gasteiger partial charge on any atom is 0.290 e. The van der Waals surface area contributed by atoms with Crippen molar-refractivity contribution in [2.75, 3.05) is 5.43 Å². The number of rotatable bonds is 2. The van der Waals surface area contributed by atoms with Gasteiger partial charge in [0, 0.05) is 18.9 Å². The molecular weight excluding hydrogens is 310 g/mol. The number of imidazole rings is 1. The van der Waals surface area contributed by atoms with Crippen molar-refractivity contribution in [3.63, 3.8) is 0 Å². The molecule has 0 aliphatic carbocycles. The van der Waals surface area contributed by atoms with Crippen molar-refractivity contribution < 1.29 is 4.79 Å². The molecule has 0 spiro atoms. The average Bonchev–Trinajstić information content (AvgIpc) is 3.15. The van der Waals surface area contributed by atoms with Crippen LogP contribution in [-0.2, 0) is 7.05 Å². The molecule has 0 aromatic carbocycles. The topological polar surface area (TPSA) is 99.1 Å². The maximum atomic E-state index is 12.4. The van der Waals surface area contributed by atoms with E-state index in [1.165, 1.54) is 17.2 Å². The zero-order valence-corrected chi connectivity index (χ0v) is 13.0. The zero-order chi connectivity index (χ0) is 16.8. The normalized spacial score (nSPS) is 11.2. The summed E-state index contributed by atoms with van der Waals surface area (Å²) in [5, 5.41) is 4.31. The Balaban J connectivity index is 1.71. The van der Waals surface area contributed by atoms with Gasteiger partial charge in [-0.25, -0.2) is 14.6 Å². The molecule has 4 aromatic heterocycles. The van der Waals surface area contributed by atoms with E-state index in [2.05, 4.69) is 20.5 Å². The summed E-state index contributed by atoms with van der Waals surface area (Å²) < 4.78 is 4.33. The van der Waals surface area contributed by atoms with Gasteiger partial charge in [0.2, 0.25) is 0 Å². The third-order valence-electron chi connectivity index (χ3n) is 3.80. The van der Waals surface area contributed by atoms with Gasteiger partial charge in [-0.3, -0.25) is 19.7 Å². The highest BCUT2D eigenvalue weighted by atomic mass is 16.2. The molecule has 0 atom stereocenters. The zero-order valence-electron chi connectivity index (χ0n) is 13.0. The van der Waals surface area contributed by atoms with Gasteiger partial charge < -0.3 is 4.40 Å². The van der Waals surface area contributed by atoms with Crippen molar-refractivity contribution in [2.24, 2.45) is 7.05 Å². The SMILES string of the molecule is Cc1cccc2nc(C(=O)Nn3cnc4c(cnn4C)c3=O)cn12. The van der Waals surface area contributed by atoms with Crippen molar-refractivity contribution in [3.8, 4) is 0 Å². The van der Waals surface area contributed by atoms with Gasteiger partial charge in [-0.05, 0) is 19.1 Å². The quantitative estimate of drug-likeness (QED) is 0.578. The number of carbonyl (C=O) groups excluding carboxylic acids is 1. The van der Waals surface area contributed by atoms with Crippen LogP contribution in [0.25, 0.3) is 16.7 Å². The molecule has 0 aliphatic heterocycles.